The zero-order chi connectivity index (χ0) is 11.9. The van der Waals surface area contributed by atoms with Crippen LogP contribution in [0.25, 0.3) is 0 Å². The highest BCUT2D eigenvalue weighted by Gasteiger charge is 2.42. The first-order valence-corrected chi connectivity index (χ1v) is 7.22. The van der Waals surface area contributed by atoms with Gasteiger partial charge in [0.15, 0.2) is 5.79 Å². The fourth-order valence-corrected chi connectivity index (χ4v) is 3.56. The van der Waals surface area contributed by atoms with Gasteiger partial charge in [0.1, 0.15) is 0 Å². The van der Waals surface area contributed by atoms with Crippen LogP contribution in [0, 0.1) is 11.8 Å². The smallest absolute Gasteiger partial charge is 0.168 e. The van der Waals surface area contributed by atoms with Crippen molar-refractivity contribution in [3.05, 3.63) is 0 Å². The molecule has 0 amide bonds. The summed E-state index contributed by atoms with van der Waals surface area (Å²) in [7, 11) is 0. The van der Waals surface area contributed by atoms with Gasteiger partial charge in [-0.3, -0.25) is 0 Å². The van der Waals surface area contributed by atoms with Gasteiger partial charge in [-0.05, 0) is 31.1 Å². The zero-order valence-corrected chi connectivity index (χ0v) is 11.1. The molecule has 3 atom stereocenters. The van der Waals surface area contributed by atoms with E-state index in [-0.39, 0.29) is 5.79 Å². The molecule has 98 valence electrons. The van der Waals surface area contributed by atoms with E-state index in [4.69, 9.17) is 9.47 Å². The molecular weight excluding hydrogens is 214 g/mol. The number of ether oxygens (including phenoxy) is 2. The fraction of sp³-hybridized carbons (Fsp3) is 1.00. The molecule has 2 aliphatic carbocycles. The van der Waals surface area contributed by atoms with Crippen LogP contribution in [0.2, 0.25) is 0 Å². The Morgan fingerprint density at radius 2 is 1.71 bits per heavy atom. The van der Waals surface area contributed by atoms with Gasteiger partial charge in [-0.25, -0.2) is 0 Å². The maximum Gasteiger partial charge on any atom is 0.168 e. The van der Waals surface area contributed by atoms with Crippen LogP contribution in [0.5, 0.6) is 0 Å². The molecule has 1 N–H and O–H groups in total. The molecule has 1 heterocycles. The highest BCUT2D eigenvalue weighted by Crippen LogP contribution is 2.38. The Balaban J connectivity index is 1.46. The lowest BCUT2D eigenvalue weighted by molar-refractivity contribution is -0.180. The molecule has 3 aliphatic rings. The van der Waals surface area contributed by atoms with Crippen LogP contribution in [0.3, 0.4) is 0 Å². The second kappa shape index (κ2) is 4.52. The van der Waals surface area contributed by atoms with Crippen LogP contribution in [-0.2, 0) is 9.47 Å². The molecule has 1 spiro atoms. The molecule has 1 aliphatic heterocycles. The third-order valence-corrected chi connectivity index (χ3v) is 5.17. The minimum absolute atomic E-state index is 0.198. The first kappa shape index (κ1) is 11.9. The molecule has 0 aromatic heterocycles. The molecule has 3 fully saturated rings. The summed E-state index contributed by atoms with van der Waals surface area (Å²) in [6.45, 7) is 6.31. The van der Waals surface area contributed by atoms with E-state index < -0.39 is 0 Å². The monoisotopic (exact) mass is 239 g/mol. The molecule has 2 saturated carbocycles. The van der Waals surface area contributed by atoms with Gasteiger partial charge in [-0.1, -0.05) is 13.8 Å². The maximum absolute atomic E-state index is 5.76. The van der Waals surface area contributed by atoms with Crippen molar-refractivity contribution < 1.29 is 9.47 Å². The molecule has 3 unspecified atom stereocenters. The summed E-state index contributed by atoms with van der Waals surface area (Å²) in [5, 5.41) is 3.83. The number of hydrogen-bond donors (Lipinski definition) is 1. The molecule has 1 saturated heterocycles. The van der Waals surface area contributed by atoms with Crippen molar-refractivity contribution >= 4 is 0 Å². The van der Waals surface area contributed by atoms with Gasteiger partial charge in [0.2, 0.25) is 0 Å². The molecule has 0 aromatic rings. The summed E-state index contributed by atoms with van der Waals surface area (Å²) in [5.74, 6) is 1.56. The normalized spacial score (nSPS) is 41.6. The molecule has 17 heavy (non-hydrogen) atoms. The van der Waals surface area contributed by atoms with Gasteiger partial charge < -0.3 is 14.8 Å². The predicted octanol–water partition coefficient (Wildman–Crippen LogP) is 2.31. The number of nitrogens with one attached hydrogen (secondary N) is 1. The summed E-state index contributed by atoms with van der Waals surface area (Å²) in [5.41, 5.74) is 0. The van der Waals surface area contributed by atoms with Crippen molar-refractivity contribution in [2.75, 3.05) is 13.2 Å². The maximum atomic E-state index is 5.76. The Morgan fingerprint density at radius 1 is 1.06 bits per heavy atom. The standard InChI is InChI=1S/C14H25NO2/c1-10-9-13(11(10)2)15-12-3-5-14(6-4-12)16-7-8-17-14/h10-13,15H,3-9H2,1-2H3. The van der Waals surface area contributed by atoms with E-state index in [1.807, 2.05) is 0 Å². The van der Waals surface area contributed by atoms with E-state index in [9.17, 15) is 0 Å². The molecular formula is C14H25NO2. The third-order valence-electron chi connectivity index (χ3n) is 5.17. The van der Waals surface area contributed by atoms with Crippen molar-refractivity contribution in [2.45, 2.75) is 63.8 Å². The minimum atomic E-state index is -0.198. The van der Waals surface area contributed by atoms with Crippen LogP contribution in [0.15, 0.2) is 0 Å². The van der Waals surface area contributed by atoms with Crippen molar-refractivity contribution in [1.29, 1.82) is 0 Å². The van der Waals surface area contributed by atoms with Gasteiger partial charge in [0.25, 0.3) is 0 Å². The summed E-state index contributed by atoms with van der Waals surface area (Å²) in [6, 6.07) is 1.45. The average Bonchev–Trinajstić information content (AvgIpc) is 2.80. The van der Waals surface area contributed by atoms with Gasteiger partial charge >= 0.3 is 0 Å². The molecule has 3 rings (SSSR count). The molecule has 3 heteroatoms. The van der Waals surface area contributed by atoms with E-state index in [0.717, 1.165) is 43.9 Å². The zero-order valence-electron chi connectivity index (χ0n) is 11.1. The van der Waals surface area contributed by atoms with Crippen molar-refractivity contribution in [3.63, 3.8) is 0 Å². The van der Waals surface area contributed by atoms with Gasteiger partial charge in [0.05, 0.1) is 13.2 Å². The summed E-state index contributed by atoms with van der Waals surface area (Å²) < 4.78 is 11.5. The second-order valence-corrected chi connectivity index (χ2v) is 6.23. The van der Waals surface area contributed by atoms with Crippen LogP contribution in [0.1, 0.15) is 46.0 Å². The first-order valence-electron chi connectivity index (χ1n) is 7.22. The lowest BCUT2D eigenvalue weighted by atomic mass is 9.71. The molecule has 0 bridgehead atoms. The Bertz CT molecular complexity index is 265. The Kier molecular flexibility index (Phi) is 3.18. The largest absolute Gasteiger partial charge is 0.348 e. The topological polar surface area (TPSA) is 30.5 Å². The lowest BCUT2D eigenvalue weighted by Gasteiger charge is -2.45. The predicted molar refractivity (Wildman–Crippen MR) is 66.8 cm³/mol. The van der Waals surface area contributed by atoms with Crippen LogP contribution in [-0.4, -0.2) is 31.1 Å². The molecule has 0 radical (unpaired) electrons. The minimum Gasteiger partial charge on any atom is -0.348 e. The van der Waals surface area contributed by atoms with E-state index in [1.165, 1.54) is 19.3 Å². The van der Waals surface area contributed by atoms with Gasteiger partial charge in [-0.2, -0.15) is 0 Å². The number of rotatable bonds is 2. The molecule has 3 nitrogen and oxygen atoms in total. The second-order valence-electron chi connectivity index (χ2n) is 6.23. The van der Waals surface area contributed by atoms with Crippen LogP contribution in [0.4, 0.5) is 0 Å². The first-order chi connectivity index (χ1) is 8.19. The van der Waals surface area contributed by atoms with Crippen LogP contribution >= 0.6 is 0 Å². The lowest BCUT2D eigenvalue weighted by Crippen LogP contribution is -2.53. The van der Waals surface area contributed by atoms with E-state index in [1.54, 1.807) is 0 Å². The Labute approximate surface area is 104 Å². The third kappa shape index (κ3) is 2.25. The Hall–Kier alpha value is -0.120. The fourth-order valence-electron chi connectivity index (χ4n) is 3.56. The van der Waals surface area contributed by atoms with E-state index in [2.05, 4.69) is 19.2 Å². The van der Waals surface area contributed by atoms with E-state index >= 15 is 0 Å². The summed E-state index contributed by atoms with van der Waals surface area (Å²) in [4.78, 5) is 0. The molecule has 0 aromatic carbocycles. The van der Waals surface area contributed by atoms with Gasteiger partial charge in [-0.15, -0.1) is 0 Å². The van der Waals surface area contributed by atoms with E-state index in [0.29, 0.717) is 6.04 Å². The quantitative estimate of drug-likeness (QED) is 0.802. The van der Waals surface area contributed by atoms with Crippen molar-refractivity contribution in [1.82, 2.24) is 5.32 Å². The number of hydrogen-bond acceptors (Lipinski definition) is 3. The van der Waals surface area contributed by atoms with Crippen molar-refractivity contribution in [3.8, 4) is 0 Å². The summed E-state index contributed by atoms with van der Waals surface area (Å²) >= 11 is 0. The Morgan fingerprint density at radius 3 is 2.24 bits per heavy atom. The average molecular weight is 239 g/mol. The highest BCUT2D eigenvalue weighted by atomic mass is 16.7. The summed E-state index contributed by atoms with van der Waals surface area (Å²) in [6.07, 6.45) is 5.91. The SMILES string of the molecule is CC1CC(NC2CCC3(CC2)OCCO3)C1C. The van der Waals surface area contributed by atoms with Gasteiger partial charge in [0, 0.05) is 24.9 Å². The van der Waals surface area contributed by atoms with Crippen molar-refractivity contribution in [2.24, 2.45) is 11.8 Å². The highest BCUT2D eigenvalue weighted by molar-refractivity contribution is 4.93. The van der Waals surface area contributed by atoms with Crippen LogP contribution < -0.4 is 5.32 Å².